The summed E-state index contributed by atoms with van der Waals surface area (Å²) in [5.41, 5.74) is 3.48. The first-order valence-corrected chi connectivity index (χ1v) is 10.2. The Morgan fingerprint density at radius 3 is 2.64 bits per heavy atom. The molecule has 7 heteroatoms. The molecule has 0 spiro atoms. The van der Waals surface area contributed by atoms with Gasteiger partial charge in [0.1, 0.15) is 17.4 Å². The van der Waals surface area contributed by atoms with Crippen LogP contribution in [0.25, 0.3) is 15.7 Å². The highest BCUT2D eigenvalue weighted by Crippen LogP contribution is 2.24. The number of amides is 1. The van der Waals surface area contributed by atoms with Crippen molar-refractivity contribution in [3.05, 3.63) is 69.1 Å². The molecule has 0 aliphatic heterocycles. The maximum Gasteiger partial charge on any atom is 0.291 e. The van der Waals surface area contributed by atoms with Crippen LogP contribution in [0.4, 0.5) is 0 Å². The standard InChI is InChI=1S/C21H22N4O2S/c1-4-16(20(26)22-12-15-7-5-13(2)6-8-15)25-21(27)18-11-19-17(9-10-28-19)24(18)14(3)23-25/h5-11,16H,4,12H2,1-3H3,(H,22,26)/t16-/m0/s1. The first kappa shape index (κ1) is 18.4. The zero-order valence-electron chi connectivity index (χ0n) is 16.1. The third kappa shape index (κ3) is 3.11. The molecule has 0 saturated carbocycles. The van der Waals surface area contributed by atoms with Crippen LogP contribution in [-0.2, 0) is 11.3 Å². The lowest BCUT2D eigenvalue weighted by molar-refractivity contribution is -0.125. The molecule has 3 aromatic heterocycles. The van der Waals surface area contributed by atoms with Crippen LogP contribution in [0.5, 0.6) is 0 Å². The summed E-state index contributed by atoms with van der Waals surface area (Å²) < 4.78 is 4.23. The lowest BCUT2D eigenvalue weighted by Gasteiger charge is -2.18. The van der Waals surface area contributed by atoms with E-state index in [4.69, 9.17) is 0 Å². The summed E-state index contributed by atoms with van der Waals surface area (Å²) in [6.45, 7) is 6.20. The topological polar surface area (TPSA) is 68.4 Å². The van der Waals surface area contributed by atoms with Gasteiger partial charge < -0.3 is 5.32 Å². The second kappa shape index (κ2) is 7.24. The first-order valence-electron chi connectivity index (χ1n) is 9.31. The summed E-state index contributed by atoms with van der Waals surface area (Å²) >= 11 is 1.59. The quantitative estimate of drug-likeness (QED) is 0.562. The maximum atomic E-state index is 13.1. The number of thiophene rings is 1. The summed E-state index contributed by atoms with van der Waals surface area (Å²) in [5, 5.41) is 9.41. The van der Waals surface area contributed by atoms with Crippen LogP contribution in [0.15, 0.2) is 46.6 Å². The van der Waals surface area contributed by atoms with E-state index in [0.717, 1.165) is 15.8 Å². The number of aromatic nitrogens is 3. The van der Waals surface area contributed by atoms with Crippen molar-refractivity contribution in [1.82, 2.24) is 19.5 Å². The molecule has 4 rings (SSSR count). The van der Waals surface area contributed by atoms with E-state index in [9.17, 15) is 9.59 Å². The van der Waals surface area contributed by atoms with Gasteiger partial charge >= 0.3 is 0 Å². The molecule has 0 bridgehead atoms. The Hall–Kier alpha value is -2.93. The third-order valence-electron chi connectivity index (χ3n) is 5.00. The fraction of sp³-hybridized carbons (Fsp3) is 0.286. The number of aryl methyl sites for hydroxylation is 2. The van der Waals surface area contributed by atoms with Crippen molar-refractivity contribution in [2.75, 3.05) is 0 Å². The Morgan fingerprint density at radius 2 is 1.93 bits per heavy atom. The second-order valence-corrected chi connectivity index (χ2v) is 7.91. The summed E-state index contributed by atoms with van der Waals surface area (Å²) in [7, 11) is 0. The van der Waals surface area contributed by atoms with Crippen molar-refractivity contribution in [3.63, 3.8) is 0 Å². The lowest BCUT2D eigenvalue weighted by Crippen LogP contribution is -2.39. The summed E-state index contributed by atoms with van der Waals surface area (Å²) in [5.74, 6) is 0.488. The van der Waals surface area contributed by atoms with Gasteiger partial charge in [-0.25, -0.2) is 4.68 Å². The van der Waals surface area contributed by atoms with Crippen molar-refractivity contribution in [2.24, 2.45) is 0 Å². The number of benzene rings is 1. The largest absolute Gasteiger partial charge is 0.350 e. The summed E-state index contributed by atoms with van der Waals surface area (Å²) in [6.07, 6.45) is 0.483. The van der Waals surface area contributed by atoms with Crippen molar-refractivity contribution in [3.8, 4) is 0 Å². The molecule has 1 aromatic carbocycles. The molecule has 28 heavy (non-hydrogen) atoms. The molecule has 0 unspecified atom stereocenters. The number of nitrogens with one attached hydrogen (secondary N) is 1. The summed E-state index contributed by atoms with van der Waals surface area (Å²) in [6, 6.07) is 11.2. The van der Waals surface area contributed by atoms with Gasteiger partial charge in [-0.05, 0) is 43.3 Å². The van der Waals surface area contributed by atoms with Crippen LogP contribution in [0.2, 0.25) is 0 Å². The Labute approximate surface area is 166 Å². The Kier molecular flexibility index (Phi) is 4.77. The summed E-state index contributed by atoms with van der Waals surface area (Å²) in [4.78, 5) is 25.9. The second-order valence-electron chi connectivity index (χ2n) is 6.96. The van der Waals surface area contributed by atoms with Crippen LogP contribution in [0.3, 0.4) is 0 Å². The van der Waals surface area contributed by atoms with Gasteiger partial charge in [0.15, 0.2) is 0 Å². The Balaban J connectivity index is 1.66. The van der Waals surface area contributed by atoms with Gasteiger partial charge in [-0.1, -0.05) is 36.8 Å². The van der Waals surface area contributed by atoms with Crippen LogP contribution >= 0.6 is 11.3 Å². The lowest BCUT2D eigenvalue weighted by atomic mass is 10.1. The van der Waals surface area contributed by atoms with E-state index in [2.05, 4.69) is 10.4 Å². The molecule has 3 heterocycles. The molecule has 1 amide bonds. The van der Waals surface area contributed by atoms with Gasteiger partial charge in [0, 0.05) is 6.54 Å². The van der Waals surface area contributed by atoms with Crippen LogP contribution in [0.1, 0.15) is 36.3 Å². The highest BCUT2D eigenvalue weighted by atomic mass is 32.1. The van der Waals surface area contributed by atoms with Gasteiger partial charge in [-0.15, -0.1) is 11.3 Å². The van der Waals surface area contributed by atoms with Crippen LogP contribution < -0.4 is 10.9 Å². The van der Waals surface area contributed by atoms with Crippen molar-refractivity contribution in [2.45, 2.75) is 39.8 Å². The SMILES string of the molecule is CC[C@@H](C(=O)NCc1ccc(C)cc1)n1nc(C)n2c(cc3sccc32)c1=O. The maximum absolute atomic E-state index is 13.1. The highest BCUT2D eigenvalue weighted by Gasteiger charge is 2.23. The Bertz CT molecular complexity index is 1220. The van der Waals surface area contributed by atoms with Crippen LogP contribution in [0, 0.1) is 13.8 Å². The zero-order chi connectivity index (χ0) is 19.8. The van der Waals surface area contributed by atoms with E-state index >= 15 is 0 Å². The van der Waals surface area contributed by atoms with E-state index in [1.165, 1.54) is 10.2 Å². The number of hydrogen-bond donors (Lipinski definition) is 1. The van der Waals surface area contributed by atoms with Crippen molar-refractivity contribution >= 4 is 33.0 Å². The van der Waals surface area contributed by atoms with Gasteiger partial charge in [0.25, 0.3) is 5.56 Å². The minimum atomic E-state index is -0.644. The molecule has 4 aromatic rings. The number of fused-ring (bicyclic) bond motifs is 3. The van der Waals surface area contributed by atoms with Crippen LogP contribution in [-0.4, -0.2) is 20.1 Å². The minimum absolute atomic E-state index is 0.199. The van der Waals surface area contributed by atoms with E-state index < -0.39 is 6.04 Å². The molecular weight excluding hydrogens is 372 g/mol. The fourth-order valence-corrected chi connectivity index (χ4v) is 4.29. The van der Waals surface area contributed by atoms with E-state index in [1.54, 1.807) is 11.3 Å². The molecule has 144 valence electrons. The Morgan fingerprint density at radius 1 is 1.18 bits per heavy atom. The minimum Gasteiger partial charge on any atom is -0.350 e. The first-order chi connectivity index (χ1) is 13.5. The number of carbonyl (C=O) groups is 1. The number of nitrogens with zero attached hydrogens (tertiary/aromatic N) is 3. The van der Waals surface area contributed by atoms with Crippen molar-refractivity contribution < 1.29 is 4.79 Å². The van der Waals surface area contributed by atoms with Gasteiger partial charge in [-0.3, -0.25) is 14.0 Å². The molecular formula is C21H22N4O2S. The van der Waals surface area contributed by atoms with E-state index in [0.29, 0.717) is 24.3 Å². The molecule has 0 fully saturated rings. The van der Waals surface area contributed by atoms with Gasteiger partial charge in [0.05, 0.1) is 10.2 Å². The molecule has 0 aliphatic carbocycles. The monoisotopic (exact) mass is 394 g/mol. The fourth-order valence-electron chi connectivity index (χ4n) is 3.49. The number of rotatable bonds is 5. The predicted molar refractivity (Wildman–Crippen MR) is 112 cm³/mol. The molecule has 0 aliphatic rings. The number of carbonyl (C=O) groups excluding carboxylic acids is 1. The average molecular weight is 395 g/mol. The van der Waals surface area contributed by atoms with E-state index in [-0.39, 0.29) is 11.5 Å². The average Bonchev–Trinajstić information content (AvgIpc) is 3.27. The predicted octanol–water partition coefficient (Wildman–Crippen LogP) is 3.60. The zero-order valence-corrected chi connectivity index (χ0v) is 16.9. The molecule has 1 atom stereocenters. The van der Waals surface area contributed by atoms with Gasteiger partial charge in [0.2, 0.25) is 5.91 Å². The third-order valence-corrected chi connectivity index (χ3v) is 5.85. The molecule has 1 N–H and O–H groups in total. The smallest absolute Gasteiger partial charge is 0.291 e. The molecule has 0 saturated heterocycles. The van der Waals surface area contributed by atoms with E-state index in [1.807, 2.05) is 67.0 Å². The molecule has 0 radical (unpaired) electrons. The van der Waals surface area contributed by atoms with Gasteiger partial charge in [-0.2, -0.15) is 5.10 Å². The molecule has 6 nitrogen and oxygen atoms in total. The number of hydrogen-bond acceptors (Lipinski definition) is 4. The van der Waals surface area contributed by atoms with Crippen molar-refractivity contribution in [1.29, 1.82) is 0 Å². The highest BCUT2D eigenvalue weighted by molar-refractivity contribution is 7.17. The normalized spacial score (nSPS) is 12.5.